The molecule has 0 unspecified atom stereocenters. The second-order valence-corrected chi connectivity index (χ2v) is 5.05. The van der Waals surface area contributed by atoms with Crippen molar-refractivity contribution in [1.82, 2.24) is 10.2 Å². The number of hydrogen-bond acceptors (Lipinski definition) is 3. The lowest BCUT2D eigenvalue weighted by molar-refractivity contribution is -0.137. The van der Waals surface area contributed by atoms with Crippen LogP contribution in [-0.4, -0.2) is 10.2 Å². The Morgan fingerprint density at radius 2 is 1.48 bits per heavy atom. The number of H-pyrrole nitrogens is 2. The Hall–Kier alpha value is -3.23. The summed E-state index contributed by atoms with van der Waals surface area (Å²) in [5, 5.41) is 12.5. The number of halogens is 4. The molecule has 5 nitrogen and oxygen atoms in total. The van der Waals surface area contributed by atoms with E-state index in [1.165, 1.54) is 24.3 Å². The molecule has 0 saturated carbocycles. The van der Waals surface area contributed by atoms with Crippen LogP contribution in [0.25, 0.3) is 11.3 Å². The maximum absolute atomic E-state index is 13.0. The fourth-order valence-electron chi connectivity index (χ4n) is 2.10. The van der Waals surface area contributed by atoms with E-state index in [4.69, 9.17) is 0 Å². The van der Waals surface area contributed by atoms with Crippen molar-refractivity contribution in [2.45, 2.75) is 6.18 Å². The molecular weight excluding hydrogens is 340 g/mol. The number of benzene rings is 2. The average Bonchev–Trinajstić information content (AvgIpc) is 2.94. The van der Waals surface area contributed by atoms with Crippen molar-refractivity contribution in [3.8, 4) is 11.3 Å². The van der Waals surface area contributed by atoms with Crippen molar-refractivity contribution in [2.75, 3.05) is 0 Å². The Balaban J connectivity index is 1.90. The van der Waals surface area contributed by atoms with Crippen LogP contribution in [0, 0.1) is 5.82 Å². The molecule has 3 rings (SSSR count). The van der Waals surface area contributed by atoms with Crippen LogP contribution in [-0.2, 0) is 6.18 Å². The quantitative estimate of drug-likeness (QED) is 0.509. The molecule has 2 N–H and O–H groups in total. The topological polar surface area (TPSA) is 73.4 Å². The molecule has 128 valence electrons. The molecule has 0 atom stereocenters. The van der Waals surface area contributed by atoms with Gasteiger partial charge in [0.05, 0.1) is 16.9 Å². The Kier molecular flexibility index (Phi) is 4.22. The van der Waals surface area contributed by atoms with Crippen molar-refractivity contribution in [3.63, 3.8) is 0 Å². The molecular formula is C16H10F4N4O. The predicted octanol–water partition coefficient (Wildman–Crippen LogP) is 4.94. The van der Waals surface area contributed by atoms with Gasteiger partial charge in [-0.05, 0) is 48.5 Å². The lowest BCUT2D eigenvalue weighted by Gasteiger charge is -2.05. The number of alkyl halides is 3. The second-order valence-electron chi connectivity index (χ2n) is 5.05. The molecule has 0 saturated heterocycles. The lowest BCUT2D eigenvalue weighted by atomic mass is 10.1. The largest absolute Gasteiger partial charge is 0.416 e. The van der Waals surface area contributed by atoms with E-state index in [1.54, 1.807) is 0 Å². The molecule has 0 amide bonds. The zero-order valence-corrected chi connectivity index (χ0v) is 12.4. The van der Waals surface area contributed by atoms with Crippen molar-refractivity contribution in [3.05, 3.63) is 70.3 Å². The third-order valence-corrected chi connectivity index (χ3v) is 3.35. The molecule has 1 heterocycles. The van der Waals surface area contributed by atoms with Crippen LogP contribution >= 0.6 is 0 Å². The summed E-state index contributed by atoms with van der Waals surface area (Å²) in [5.74, 6) is -0.436. The maximum atomic E-state index is 13.0. The molecule has 1 aromatic heterocycles. The molecule has 0 aliphatic carbocycles. The van der Waals surface area contributed by atoms with E-state index < -0.39 is 23.1 Å². The molecule has 0 fully saturated rings. The van der Waals surface area contributed by atoms with Gasteiger partial charge in [0, 0.05) is 5.56 Å². The highest BCUT2D eigenvalue weighted by Gasteiger charge is 2.29. The molecule has 0 radical (unpaired) electrons. The average molecular weight is 350 g/mol. The van der Waals surface area contributed by atoms with Gasteiger partial charge in [-0.15, -0.1) is 5.11 Å². The van der Waals surface area contributed by atoms with Crippen LogP contribution in [0.5, 0.6) is 0 Å². The first-order valence-corrected chi connectivity index (χ1v) is 7.00. The zero-order chi connectivity index (χ0) is 18.0. The highest BCUT2D eigenvalue weighted by Crippen LogP contribution is 2.31. The first kappa shape index (κ1) is 16.6. The van der Waals surface area contributed by atoms with Gasteiger partial charge >= 0.3 is 6.18 Å². The summed E-state index contributed by atoms with van der Waals surface area (Å²) in [4.78, 5) is 11.8. The fraction of sp³-hybridized carbons (Fsp3) is 0.0625. The maximum Gasteiger partial charge on any atom is 0.416 e. The molecule has 0 aliphatic heterocycles. The monoisotopic (exact) mass is 350 g/mol. The Bertz CT molecular complexity index is 954. The summed E-state index contributed by atoms with van der Waals surface area (Å²) in [6, 6.07) is 9.37. The van der Waals surface area contributed by atoms with Gasteiger partial charge in [0.1, 0.15) is 5.82 Å². The molecule has 25 heavy (non-hydrogen) atoms. The van der Waals surface area contributed by atoms with Gasteiger partial charge in [0.2, 0.25) is 0 Å². The van der Waals surface area contributed by atoms with Crippen LogP contribution in [0.15, 0.2) is 63.6 Å². The molecule has 0 spiro atoms. The summed E-state index contributed by atoms with van der Waals surface area (Å²) in [5.41, 5.74) is -0.486. The van der Waals surface area contributed by atoms with E-state index in [0.717, 1.165) is 24.3 Å². The van der Waals surface area contributed by atoms with Crippen molar-refractivity contribution >= 4 is 11.4 Å². The van der Waals surface area contributed by atoms with Crippen molar-refractivity contribution in [1.29, 1.82) is 0 Å². The van der Waals surface area contributed by atoms with Gasteiger partial charge in [-0.25, -0.2) is 4.39 Å². The Labute approximate surface area is 138 Å². The first-order valence-electron chi connectivity index (χ1n) is 7.00. The van der Waals surface area contributed by atoms with Crippen LogP contribution in [0.4, 0.5) is 28.9 Å². The van der Waals surface area contributed by atoms with Crippen molar-refractivity contribution < 1.29 is 17.6 Å². The number of rotatable bonds is 3. The number of azo groups is 1. The highest BCUT2D eigenvalue weighted by atomic mass is 19.4. The minimum atomic E-state index is -4.44. The van der Waals surface area contributed by atoms with Gasteiger partial charge in [0.15, 0.2) is 5.69 Å². The van der Waals surface area contributed by atoms with Gasteiger partial charge < -0.3 is 0 Å². The third-order valence-electron chi connectivity index (χ3n) is 3.35. The molecule has 3 aromatic rings. The van der Waals surface area contributed by atoms with Gasteiger partial charge in [0.25, 0.3) is 5.56 Å². The van der Waals surface area contributed by atoms with E-state index in [-0.39, 0.29) is 11.4 Å². The van der Waals surface area contributed by atoms with Crippen LogP contribution in [0.1, 0.15) is 5.56 Å². The van der Waals surface area contributed by atoms with Crippen molar-refractivity contribution in [2.24, 2.45) is 10.2 Å². The molecule has 0 bridgehead atoms. The fourth-order valence-corrected chi connectivity index (χ4v) is 2.10. The van der Waals surface area contributed by atoms with E-state index in [0.29, 0.717) is 11.3 Å². The molecule has 0 aliphatic rings. The smallest absolute Gasteiger partial charge is 0.295 e. The van der Waals surface area contributed by atoms with E-state index >= 15 is 0 Å². The van der Waals surface area contributed by atoms with Gasteiger partial charge in [-0.2, -0.15) is 18.3 Å². The highest BCUT2D eigenvalue weighted by molar-refractivity contribution is 5.71. The molecule has 9 heteroatoms. The predicted molar refractivity (Wildman–Crippen MR) is 82.4 cm³/mol. The summed E-state index contributed by atoms with van der Waals surface area (Å²) in [7, 11) is 0. The van der Waals surface area contributed by atoms with E-state index in [9.17, 15) is 22.4 Å². The second kappa shape index (κ2) is 6.34. The molecule has 2 aromatic carbocycles. The normalized spacial score (nSPS) is 12.0. The SMILES string of the molecule is O=c1[nH][nH]c(-c2ccc(F)cc2)c1N=Nc1ccc(C(F)(F)F)cc1. The van der Waals surface area contributed by atoms with E-state index in [1.807, 2.05) is 0 Å². The minimum Gasteiger partial charge on any atom is -0.295 e. The summed E-state index contributed by atoms with van der Waals surface area (Å²) in [6.07, 6.45) is -4.44. The van der Waals surface area contributed by atoms with Gasteiger partial charge in [-0.3, -0.25) is 15.0 Å². The lowest BCUT2D eigenvalue weighted by Crippen LogP contribution is -2.03. The third kappa shape index (κ3) is 3.65. The number of hydrogen-bond donors (Lipinski definition) is 2. The first-order chi connectivity index (χ1) is 11.8. The summed E-state index contributed by atoms with van der Waals surface area (Å²) in [6.45, 7) is 0. The number of aromatic nitrogens is 2. The van der Waals surface area contributed by atoms with Gasteiger partial charge in [-0.1, -0.05) is 0 Å². The Morgan fingerprint density at radius 1 is 0.840 bits per heavy atom. The van der Waals surface area contributed by atoms with E-state index in [2.05, 4.69) is 20.4 Å². The minimum absolute atomic E-state index is 0.0634. The Morgan fingerprint density at radius 3 is 2.08 bits per heavy atom. The number of nitrogens with zero attached hydrogens (tertiary/aromatic N) is 2. The number of nitrogens with one attached hydrogen (secondary N) is 2. The van der Waals surface area contributed by atoms with Crippen LogP contribution in [0.2, 0.25) is 0 Å². The zero-order valence-electron chi connectivity index (χ0n) is 12.4. The van der Waals surface area contributed by atoms with Crippen LogP contribution < -0.4 is 5.56 Å². The standard InChI is InChI=1S/C16H10F4N4O/c17-11-5-1-9(2-6-11)13-14(15(25)24-22-13)23-21-12-7-3-10(4-8-12)16(18,19)20/h1-8H,(H2,22,24,25). The summed E-state index contributed by atoms with van der Waals surface area (Å²) >= 11 is 0. The number of aromatic amines is 2. The van der Waals surface area contributed by atoms with Crippen LogP contribution in [0.3, 0.4) is 0 Å². The summed E-state index contributed by atoms with van der Waals surface area (Å²) < 4.78 is 50.6.